The van der Waals surface area contributed by atoms with Crippen molar-refractivity contribution in [3.63, 3.8) is 0 Å². The lowest BCUT2D eigenvalue weighted by Gasteiger charge is -2.29. The van der Waals surface area contributed by atoms with E-state index in [2.05, 4.69) is 6.58 Å². The molecule has 0 aliphatic rings. The summed E-state index contributed by atoms with van der Waals surface area (Å²) >= 11 is 0. The van der Waals surface area contributed by atoms with E-state index in [4.69, 9.17) is 9.47 Å². The van der Waals surface area contributed by atoms with Gasteiger partial charge in [-0.1, -0.05) is 20.4 Å². The van der Waals surface area contributed by atoms with Crippen molar-refractivity contribution in [1.82, 2.24) is 0 Å². The summed E-state index contributed by atoms with van der Waals surface area (Å²) in [6.07, 6.45) is 0. The Bertz CT molecular complexity index is 217. The average Bonchev–Trinajstić information content (AvgIpc) is 1.99. The van der Waals surface area contributed by atoms with Crippen LogP contribution >= 0.6 is 0 Å². The molecule has 0 amide bonds. The highest BCUT2D eigenvalue weighted by Crippen LogP contribution is 2.20. The first-order chi connectivity index (χ1) is 6.25. The van der Waals surface area contributed by atoms with Crippen molar-refractivity contribution < 1.29 is 14.3 Å². The smallest absolute Gasteiger partial charge is 0.344 e. The molecular weight excluding hydrogens is 180 g/mol. The summed E-state index contributed by atoms with van der Waals surface area (Å²) in [5.41, 5.74) is -0.449. The van der Waals surface area contributed by atoms with Gasteiger partial charge < -0.3 is 9.47 Å². The quantitative estimate of drug-likeness (QED) is 0.505. The number of carbonyl (C=O) groups excluding carboxylic acids is 1. The maximum Gasteiger partial charge on any atom is 0.344 e. The molecule has 0 bridgehead atoms. The standard InChI is InChI=1S/C11H20O3/c1-8(2)11(5,6)14-10(12)7-13-9(3)4/h8H,3,7H2,1-2,4-6H3. The van der Waals surface area contributed by atoms with Crippen molar-refractivity contribution in [3.05, 3.63) is 12.3 Å². The molecule has 3 heteroatoms. The van der Waals surface area contributed by atoms with Crippen LogP contribution in [0.25, 0.3) is 0 Å². The number of ether oxygens (including phenoxy) is 2. The summed E-state index contributed by atoms with van der Waals surface area (Å²) < 4.78 is 10.2. The highest BCUT2D eigenvalue weighted by molar-refractivity contribution is 5.71. The maximum atomic E-state index is 11.3. The predicted octanol–water partition coefficient (Wildman–Crippen LogP) is 2.51. The fourth-order valence-corrected chi connectivity index (χ4v) is 0.623. The Kier molecular flexibility index (Phi) is 4.68. The number of carbonyl (C=O) groups is 1. The largest absolute Gasteiger partial charge is 0.487 e. The SMILES string of the molecule is C=C(C)OCC(=O)OC(C)(C)C(C)C. The molecule has 0 unspecified atom stereocenters. The van der Waals surface area contributed by atoms with Crippen LogP contribution in [0, 0.1) is 5.92 Å². The third kappa shape index (κ3) is 4.90. The van der Waals surface area contributed by atoms with E-state index in [-0.39, 0.29) is 18.5 Å². The van der Waals surface area contributed by atoms with Gasteiger partial charge >= 0.3 is 5.97 Å². The molecule has 14 heavy (non-hydrogen) atoms. The third-order valence-electron chi connectivity index (χ3n) is 2.20. The summed E-state index contributed by atoms with van der Waals surface area (Å²) in [5, 5.41) is 0. The van der Waals surface area contributed by atoms with Gasteiger partial charge in [0.05, 0.1) is 5.76 Å². The fraction of sp³-hybridized carbons (Fsp3) is 0.727. The molecule has 0 saturated carbocycles. The molecule has 82 valence electrons. The van der Waals surface area contributed by atoms with Gasteiger partial charge in [0.2, 0.25) is 0 Å². The van der Waals surface area contributed by atoms with Crippen LogP contribution in [0.1, 0.15) is 34.6 Å². The van der Waals surface area contributed by atoms with E-state index in [1.165, 1.54) is 0 Å². The van der Waals surface area contributed by atoms with E-state index in [0.717, 1.165) is 0 Å². The number of hydrogen-bond acceptors (Lipinski definition) is 3. The van der Waals surface area contributed by atoms with Gasteiger partial charge in [0.15, 0.2) is 6.61 Å². The molecule has 0 aromatic carbocycles. The van der Waals surface area contributed by atoms with Crippen LogP contribution in [0.4, 0.5) is 0 Å². The monoisotopic (exact) mass is 200 g/mol. The zero-order chi connectivity index (χ0) is 11.4. The highest BCUT2D eigenvalue weighted by atomic mass is 16.6. The van der Waals surface area contributed by atoms with Gasteiger partial charge in [-0.15, -0.1) is 0 Å². The number of rotatable bonds is 5. The van der Waals surface area contributed by atoms with Crippen molar-refractivity contribution in [3.8, 4) is 0 Å². The lowest BCUT2D eigenvalue weighted by atomic mass is 9.95. The molecule has 0 aromatic heterocycles. The van der Waals surface area contributed by atoms with Crippen LogP contribution in [0.3, 0.4) is 0 Å². The van der Waals surface area contributed by atoms with E-state index in [9.17, 15) is 4.79 Å². The number of esters is 1. The van der Waals surface area contributed by atoms with Crippen LogP contribution in [0.2, 0.25) is 0 Å². The Morgan fingerprint density at radius 3 is 2.29 bits per heavy atom. The fourth-order valence-electron chi connectivity index (χ4n) is 0.623. The highest BCUT2D eigenvalue weighted by Gasteiger charge is 2.26. The average molecular weight is 200 g/mol. The Morgan fingerprint density at radius 2 is 1.93 bits per heavy atom. The van der Waals surface area contributed by atoms with E-state index >= 15 is 0 Å². The lowest BCUT2D eigenvalue weighted by Crippen LogP contribution is -2.35. The zero-order valence-electron chi connectivity index (χ0n) is 9.72. The van der Waals surface area contributed by atoms with E-state index in [0.29, 0.717) is 5.76 Å². The normalized spacial score (nSPS) is 11.3. The van der Waals surface area contributed by atoms with Crippen LogP contribution in [0.5, 0.6) is 0 Å². The molecule has 0 spiro atoms. The van der Waals surface area contributed by atoms with Crippen molar-refractivity contribution in [2.24, 2.45) is 5.92 Å². The Morgan fingerprint density at radius 1 is 1.43 bits per heavy atom. The number of allylic oxidation sites excluding steroid dienone is 1. The van der Waals surface area contributed by atoms with Crippen molar-refractivity contribution >= 4 is 5.97 Å². The first kappa shape index (κ1) is 13.0. The summed E-state index contributed by atoms with van der Waals surface area (Å²) in [5.74, 6) is 0.437. The second kappa shape index (κ2) is 5.03. The summed E-state index contributed by atoms with van der Waals surface area (Å²) in [4.78, 5) is 11.3. The molecular formula is C11H20O3. The molecule has 0 saturated heterocycles. The first-order valence-electron chi connectivity index (χ1n) is 4.76. The van der Waals surface area contributed by atoms with Gasteiger partial charge in [-0.05, 0) is 26.7 Å². The van der Waals surface area contributed by atoms with E-state index in [1.807, 2.05) is 27.7 Å². The molecule has 0 fully saturated rings. The minimum absolute atomic E-state index is 0.0640. The van der Waals surface area contributed by atoms with Crippen molar-refractivity contribution in [2.45, 2.75) is 40.2 Å². The lowest BCUT2D eigenvalue weighted by molar-refractivity contribution is -0.164. The van der Waals surface area contributed by atoms with Crippen LogP contribution in [0.15, 0.2) is 12.3 Å². The molecule has 3 nitrogen and oxygen atoms in total. The van der Waals surface area contributed by atoms with Gasteiger partial charge in [0, 0.05) is 0 Å². The molecule has 0 rings (SSSR count). The Hall–Kier alpha value is -0.990. The van der Waals surface area contributed by atoms with Crippen molar-refractivity contribution in [2.75, 3.05) is 6.61 Å². The summed E-state index contributed by atoms with van der Waals surface area (Å²) in [6.45, 7) is 12.9. The second-order valence-corrected chi connectivity index (χ2v) is 4.22. The van der Waals surface area contributed by atoms with Gasteiger partial charge in [0.1, 0.15) is 5.60 Å². The Balaban J connectivity index is 4.00. The first-order valence-corrected chi connectivity index (χ1v) is 4.76. The topological polar surface area (TPSA) is 35.5 Å². The molecule has 0 atom stereocenters. The second-order valence-electron chi connectivity index (χ2n) is 4.22. The zero-order valence-corrected chi connectivity index (χ0v) is 9.72. The van der Waals surface area contributed by atoms with Gasteiger partial charge in [-0.2, -0.15) is 0 Å². The Labute approximate surface area is 86.1 Å². The number of hydrogen-bond donors (Lipinski definition) is 0. The summed E-state index contributed by atoms with van der Waals surface area (Å²) in [6, 6.07) is 0. The molecule has 0 radical (unpaired) electrons. The minimum atomic E-state index is -0.449. The van der Waals surface area contributed by atoms with E-state index in [1.54, 1.807) is 6.92 Å². The predicted molar refractivity (Wildman–Crippen MR) is 55.8 cm³/mol. The molecule has 0 heterocycles. The molecule has 0 aromatic rings. The van der Waals surface area contributed by atoms with Gasteiger partial charge in [-0.25, -0.2) is 4.79 Å². The van der Waals surface area contributed by atoms with Gasteiger partial charge in [0.25, 0.3) is 0 Å². The van der Waals surface area contributed by atoms with E-state index < -0.39 is 5.60 Å². The molecule has 0 aliphatic carbocycles. The van der Waals surface area contributed by atoms with Crippen LogP contribution < -0.4 is 0 Å². The maximum absolute atomic E-state index is 11.3. The molecule has 0 N–H and O–H groups in total. The van der Waals surface area contributed by atoms with Gasteiger partial charge in [-0.3, -0.25) is 0 Å². The molecule has 0 aliphatic heterocycles. The third-order valence-corrected chi connectivity index (χ3v) is 2.20. The van der Waals surface area contributed by atoms with Crippen molar-refractivity contribution in [1.29, 1.82) is 0 Å². The van der Waals surface area contributed by atoms with Crippen LogP contribution in [-0.4, -0.2) is 18.2 Å². The minimum Gasteiger partial charge on any atom is -0.487 e. The summed E-state index contributed by atoms with van der Waals surface area (Å²) in [7, 11) is 0. The van der Waals surface area contributed by atoms with Crippen LogP contribution in [-0.2, 0) is 14.3 Å².